The molecule has 1 aromatic carbocycles. The summed E-state index contributed by atoms with van der Waals surface area (Å²) in [5.74, 6) is 1.48. The molecule has 6 heteroatoms. The van der Waals surface area contributed by atoms with Crippen LogP contribution in [0.25, 0.3) is 11.3 Å². The van der Waals surface area contributed by atoms with Crippen LogP contribution in [0.15, 0.2) is 22.7 Å². The second-order valence-electron chi connectivity index (χ2n) is 4.00. The molecule has 2 N–H and O–H groups in total. The van der Waals surface area contributed by atoms with E-state index in [1.165, 1.54) is 0 Å². The Morgan fingerprint density at radius 1 is 1.32 bits per heavy atom. The fourth-order valence-electron chi connectivity index (χ4n) is 1.97. The quantitative estimate of drug-likeness (QED) is 0.937. The van der Waals surface area contributed by atoms with Crippen molar-refractivity contribution in [3.8, 4) is 22.8 Å². The van der Waals surface area contributed by atoms with E-state index in [2.05, 4.69) is 21.0 Å². The van der Waals surface area contributed by atoms with Gasteiger partial charge in [-0.1, -0.05) is 0 Å². The second kappa shape index (κ2) is 5.63. The number of methoxy groups -OCH3 is 2. The summed E-state index contributed by atoms with van der Waals surface area (Å²) in [4.78, 5) is 0. The van der Waals surface area contributed by atoms with Gasteiger partial charge in [-0.05, 0) is 28.1 Å². The van der Waals surface area contributed by atoms with E-state index >= 15 is 0 Å². The molecule has 0 amide bonds. The number of halogens is 1. The van der Waals surface area contributed by atoms with Crippen LogP contribution in [-0.4, -0.2) is 24.0 Å². The topological polar surface area (TPSA) is 62.3 Å². The fourth-order valence-corrected chi connectivity index (χ4v) is 2.68. The lowest BCUT2D eigenvalue weighted by Crippen LogP contribution is -1.99. The van der Waals surface area contributed by atoms with Crippen molar-refractivity contribution >= 4 is 15.9 Å². The third-order valence-corrected chi connectivity index (χ3v) is 3.75. The van der Waals surface area contributed by atoms with E-state index in [9.17, 15) is 0 Å². The van der Waals surface area contributed by atoms with E-state index in [0.717, 1.165) is 32.9 Å². The second-order valence-corrected chi connectivity index (χ2v) is 4.80. The third-order valence-electron chi connectivity index (χ3n) is 2.91. The molecule has 0 fully saturated rings. The van der Waals surface area contributed by atoms with Crippen molar-refractivity contribution in [3.63, 3.8) is 0 Å². The average Bonchev–Trinajstić information content (AvgIpc) is 2.72. The number of benzene rings is 1. The highest BCUT2D eigenvalue weighted by molar-refractivity contribution is 9.10. The number of rotatable bonds is 4. The van der Waals surface area contributed by atoms with Gasteiger partial charge in [-0.25, -0.2) is 0 Å². The van der Waals surface area contributed by atoms with Gasteiger partial charge in [0.1, 0.15) is 11.5 Å². The van der Waals surface area contributed by atoms with Crippen LogP contribution in [0.5, 0.6) is 11.5 Å². The number of hydrogen-bond acceptors (Lipinski definition) is 4. The highest BCUT2D eigenvalue weighted by Crippen LogP contribution is 2.38. The minimum Gasteiger partial charge on any atom is -0.497 e. The van der Waals surface area contributed by atoms with E-state index in [4.69, 9.17) is 15.2 Å². The predicted molar refractivity (Wildman–Crippen MR) is 77.3 cm³/mol. The van der Waals surface area contributed by atoms with Gasteiger partial charge in [-0.2, -0.15) is 5.10 Å². The van der Waals surface area contributed by atoms with Gasteiger partial charge >= 0.3 is 0 Å². The molecule has 0 saturated heterocycles. The first-order valence-electron chi connectivity index (χ1n) is 5.76. The molecule has 0 bridgehead atoms. The summed E-state index contributed by atoms with van der Waals surface area (Å²) in [6.07, 6.45) is 0. The minimum absolute atomic E-state index is 0.382. The first-order valence-corrected chi connectivity index (χ1v) is 6.55. The van der Waals surface area contributed by atoms with E-state index < -0.39 is 0 Å². The van der Waals surface area contributed by atoms with Crippen molar-refractivity contribution < 1.29 is 9.47 Å². The molecule has 1 heterocycles. The SMILES string of the molecule is COc1ccc(-c2c(Br)c(CN)nn2C)c(OC)c1. The molecule has 0 aliphatic heterocycles. The number of ether oxygens (including phenoxy) is 2. The molecule has 0 aliphatic carbocycles. The van der Waals surface area contributed by atoms with Crippen molar-refractivity contribution in [1.82, 2.24) is 9.78 Å². The van der Waals surface area contributed by atoms with Crippen molar-refractivity contribution in [2.75, 3.05) is 14.2 Å². The molecule has 0 spiro atoms. The van der Waals surface area contributed by atoms with Crippen molar-refractivity contribution in [1.29, 1.82) is 0 Å². The smallest absolute Gasteiger partial charge is 0.131 e. The standard InChI is InChI=1S/C13H16BrN3O2/c1-17-13(12(14)10(7-15)16-17)9-5-4-8(18-2)6-11(9)19-3/h4-6H,7,15H2,1-3H3. The van der Waals surface area contributed by atoms with Crippen LogP contribution in [0, 0.1) is 0 Å². The molecule has 0 radical (unpaired) electrons. The molecule has 5 nitrogen and oxygen atoms in total. The molecule has 1 aromatic heterocycles. The number of aryl methyl sites for hydroxylation is 1. The summed E-state index contributed by atoms with van der Waals surface area (Å²) >= 11 is 3.55. The van der Waals surface area contributed by atoms with E-state index in [1.807, 2.05) is 25.2 Å². The van der Waals surface area contributed by atoms with Gasteiger partial charge in [0.25, 0.3) is 0 Å². The van der Waals surface area contributed by atoms with Crippen molar-refractivity contribution in [2.45, 2.75) is 6.54 Å². The van der Waals surface area contributed by atoms with Gasteiger partial charge in [0.05, 0.1) is 30.1 Å². The molecule has 0 saturated carbocycles. The maximum Gasteiger partial charge on any atom is 0.131 e. The Hall–Kier alpha value is -1.53. The van der Waals surface area contributed by atoms with Gasteiger partial charge in [0.15, 0.2) is 0 Å². The predicted octanol–water partition coefficient (Wildman–Crippen LogP) is 2.33. The zero-order valence-corrected chi connectivity index (χ0v) is 12.7. The molecule has 0 unspecified atom stereocenters. The fraction of sp³-hybridized carbons (Fsp3) is 0.308. The highest BCUT2D eigenvalue weighted by atomic mass is 79.9. The Morgan fingerprint density at radius 2 is 2.05 bits per heavy atom. The molecule has 0 atom stereocenters. The molecular weight excluding hydrogens is 310 g/mol. The first kappa shape index (κ1) is 13.9. The van der Waals surface area contributed by atoms with Crippen LogP contribution in [0.2, 0.25) is 0 Å². The van der Waals surface area contributed by atoms with Crippen LogP contribution in [0.3, 0.4) is 0 Å². The van der Waals surface area contributed by atoms with E-state index in [0.29, 0.717) is 6.54 Å². The number of hydrogen-bond donors (Lipinski definition) is 1. The summed E-state index contributed by atoms with van der Waals surface area (Å²) in [7, 11) is 5.14. The molecule has 2 aromatic rings. The molecule has 19 heavy (non-hydrogen) atoms. The number of nitrogens with zero attached hydrogens (tertiary/aromatic N) is 2. The summed E-state index contributed by atoms with van der Waals surface area (Å²) in [5.41, 5.74) is 8.35. The lowest BCUT2D eigenvalue weighted by molar-refractivity contribution is 0.395. The molecule has 102 valence electrons. The van der Waals surface area contributed by atoms with Gasteiger partial charge in [0, 0.05) is 25.2 Å². The molecule has 0 aliphatic rings. The van der Waals surface area contributed by atoms with Crippen LogP contribution in [0.1, 0.15) is 5.69 Å². The Labute approximate surface area is 120 Å². The van der Waals surface area contributed by atoms with Gasteiger partial charge in [-0.3, -0.25) is 4.68 Å². The highest BCUT2D eigenvalue weighted by Gasteiger charge is 2.18. The minimum atomic E-state index is 0.382. The lowest BCUT2D eigenvalue weighted by atomic mass is 10.1. The lowest BCUT2D eigenvalue weighted by Gasteiger charge is -2.11. The van der Waals surface area contributed by atoms with Crippen molar-refractivity contribution in [3.05, 3.63) is 28.4 Å². The largest absolute Gasteiger partial charge is 0.497 e. The monoisotopic (exact) mass is 325 g/mol. The summed E-state index contributed by atoms with van der Waals surface area (Å²) in [6, 6.07) is 5.68. The van der Waals surface area contributed by atoms with E-state index in [-0.39, 0.29) is 0 Å². The summed E-state index contributed by atoms with van der Waals surface area (Å²) < 4.78 is 13.3. The number of nitrogens with two attached hydrogens (primary N) is 1. The Kier molecular flexibility index (Phi) is 4.11. The van der Waals surface area contributed by atoms with Gasteiger partial charge < -0.3 is 15.2 Å². The van der Waals surface area contributed by atoms with Crippen LogP contribution in [-0.2, 0) is 13.6 Å². The normalized spacial score (nSPS) is 10.6. The van der Waals surface area contributed by atoms with E-state index in [1.54, 1.807) is 18.9 Å². The van der Waals surface area contributed by atoms with Gasteiger partial charge in [-0.15, -0.1) is 0 Å². The Bertz CT molecular complexity index is 596. The number of aromatic nitrogens is 2. The Morgan fingerprint density at radius 3 is 2.58 bits per heavy atom. The van der Waals surface area contributed by atoms with Crippen LogP contribution in [0.4, 0.5) is 0 Å². The zero-order valence-electron chi connectivity index (χ0n) is 11.1. The third kappa shape index (κ3) is 2.46. The Balaban J connectivity index is 2.61. The molecule has 2 rings (SSSR count). The molecular formula is C13H16BrN3O2. The summed E-state index contributed by atoms with van der Waals surface area (Å²) in [5, 5.41) is 4.38. The van der Waals surface area contributed by atoms with Crippen LogP contribution >= 0.6 is 15.9 Å². The maximum atomic E-state index is 5.67. The van der Waals surface area contributed by atoms with Crippen molar-refractivity contribution in [2.24, 2.45) is 12.8 Å². The summed E-state index contributed by atoms with van der Waals surface area (Å²) in [6.45, 7) is 0.382. The first-order chi connectivity index (χ1) is 9.12. The maximum absolute atomic E-state index is 5.67. The van der Waals surface area contributed by atoms with Gasteiger partial charge in [0.2, 0.25) is 0 Å². The zero-order chi connectivity index (χ0) is 14.0. The van der Waals surface area contributed by atoms with Crippen LogP contribution < -0.4 is 15.2 Å². The average molecular weight is 326 g/mol.